The number of hydrogen-bond acceptors (Lipinski definition) is 2. The third-order valence-electron chi connectivity index (χ3n) is 4.55. The van der Waals surface area contributed by atoms with Crippen LogP contribution in [-0.2, 0) is 11.3 Å². The van der Waals surface area contributed by atoms with Crippen molar-refractivity contribution < 1.29 is 9.90 Å². The van der Waals surface area contributed by atoms with Gasteiger partial charge in [0.1, 0.15) is 0 Å². The molecule has 0 amide bonds. The first-order valence-electron chi connectivity index (χ1n) is 7.23. The molecule has 19 heavy (non-hydrogen) atoms. The molecule has 3 unspecified atom stereocenters. The molecule has 1 aromatic carbocycles. The minimum atomic E-state index is -0.592. The second-order valence-corrected chi connectivity index (χ2v) is 5.97. The molecule has 3 rings (SSSR count). The number of aliphatic carboxylic acids is 1. The SMILES string of the molecule is O=C(O)C1CC1C1CCCN(Cc2ccccc2)C1. The van der Waals surface area contributed by atoms with Crippen LogP contribution in [0.15, 0.2) is 30.3 Å². The molecule has 0 aromatic heterocycles. The fraction of sp³-hybridized carbons (Fsp3) is 0.562. The maximum absolute atomic E-state index is 11.0. The summed E-state index contributed by atoms with van der Waals surface area (Å²) >= 11 is 0. The Morgan fingerprint density at radius 3 is 2.79 bits per heavy atom. The molecular weight excluding hydrogens is 238 g/mol. The van der Waals surface area contributed by atoms with Crippen molar-refractivity contribution >= 4 is 5.97 Å². The normalized spacial score (nSPS) is 31.1. The van der Waals surface area contributed by atoms with Crippen LogP contribution >= 0.6 is 0 Å². The van der Waals surface area contributed by atoms with Gasteiger partial charge in [-0.2, -0.15) is 0 Å². The lowest BCUT2D eigenvalue weighted by Crippen LogP contribution is -2.36. The molecule has 3 atom stereocenters. The minimum absolute atomic E-state index is 0.0540. The highest BCUT2D eigenvalue weighted by Crippen LogP contribution is 2.47. The van der Waals surface area contributed by atoms with Crippen molar-refractivity contribution in [3.05, 3.63) is 35.9 Å². The van der Waals surface area contributed by atoms with Crippen molar-refractivity contribution in [1.82, 2.24) is 4.90 Å². The minimum Gasteiger partial charge on any atom is -0.481 e. The summed E-state index contributed by atoms with van der Waals surface area (Å²) in [5, 5.41) is 9.04. The lowest BCUT2D eigenvalue weighted by molar-refractivity contribution is -0.139. The number of carboxylic acids is 1. The standard InChI is InChI=1S/C16H21NO2/c18-16(19)15-9-14(15)13-7-4-8-17(11-13)10-12-5-2-1-3-6-12/h1-3,5-6,13-15H,4,7-11H2,(H,18,19). The molecule has 3 heteroatoms. The second-order valence-electron chi connectivity index (χ2n) is 5.97. The van der Waals surface area contributed by atoms with Crippen LogP contribution in [0.5, 0.6) is 0 Å². The van der Waals surface area contributed by atoms with Gasteiger partial charge in [0.2, 0.25) is 0 Å². The molecule has 1 aliphatic carbocycles. The fourth-order valence-corrected chi connectivity index (χ4v) is 3.45. The molecule has 0 radical (unpaired) electrons. The van der Waals surface area contributed by atoms with Crippen LogP contribution in [0, 0.1) is 17.8 Å². The molecule has 1 N–H and O–H groups in total. The van der Waals surface area contributed by atoms with Crippen LogP contribution in [0.25, 0.3) is 0 Å². The highest BCUT2D eigenvalue weighted by molar-refractivity contribution is 5.73. The summed E-state index contributed by atoms with van der Waals surface area (Å²) in [6.45, 7) is 3.22. The smallest absolute Gasteiger partial charge is 0.306 e. The van der Waals surface area contributed by atoms with Crippen LogP contribution < -0.4 is 0 Å². The van der Waals surface area contributed by atoms with Crippen molar-refractivity contribution in [2.75, 3.05) is 13.1 Å². The molecule has 0 spiro atoms. The quantitative estimate of drug-likeness (QED) is 0.903. The number of hydrogen-bond donors (Lipinski definition) is 1. The molecule has 1 saturated carbocycles. The number of nitrogens with zero attached hydrogens (tertiary/aromatic N) is 1. The Kier molecular flexibility index (Phi) is 3.56. The van der Waals surface area contributed by atoms with Gasteiger partial charge in [-0.3, -0.25) is 9.69 Å². The van der Waals surface area contributed by atoms with E-state index < -0.39 is 5.97 Å². The van der Waals surface area contributed by atoms with Gasteiger partial charge in [-0.25, -0.2) is 0 Å². The van der Waals surface area contributed by atoms with E-state index in [4.69, 9.17) is 5.11 Å². The Balaban J connectivity index is 1.55. The zero-order valence-electron chi connectivity index (χ0n) is 11.2. The molecule has 0 bridgehead atoms. The van der Waals surface area contributed by atoms with Crippen molar-refractivity contribution in [2.24, 2.45) is 17.8 Å². The van der Waals surface area contributed by atoms with Gasteiger partial charge in [0, 0.05) is 13.1 Å². The molecule has 2 fully saturated rings. The topological polar surface area (TPSA) is 40.5 Å². The molecule has 1 saturated heterocycles. The Bertz CT molecular complexity index is 445. The first-order valence-corrected chi connectivity index (χ1v) is 7.23. The summed E-state index contributed by atoms with van der Waals surface area (Å²) in [6.07, 6.45) is 3.32. The predicted molar refractivity (Wildman–Crippen MR) is 73.7 cm³/mol. The summed E-state index contributed by atoms with van der Waals surface area (Å²) in [4.78, 5) is 13.5. The molecule has 1 heterocycles. The molecule has 1 aliphatic heterocycles. The fourth-order valence-electron chi connectivity index (χ4n) is 3.45. The zero-order valence-corrected chi connectivity index (χ0v) is 11.2. The van der Waals surface area contributed by atoms with Crippen molar-refractivity contribution in [2.45, 2.75) is 25.8 Å². The monoisotopic (exact) mass is 259 g/mol. The lowest BCUT2D eigenvalue weighted by Gasteiger charge is -2.33. The number of rotatable bonds is 4. The third kappa shape index (κ3) is 2.98. The molecular formula is C16H21NO2. The van der Waals surface area contributed by atoms with Crippen molar-refractivity contribution in [3.63, 3.8) is 0 Å². The van der Waals surface area contributed by atoms with E-state index in [1.165, 1.54) is 18.4 Å². The van der Waals surface area contributed by atoms with E-state index in [-0.39, 0.29) is 5.92 Å². The summed E-state index contributed by atoms with van der Waals surface area (Å²) < 4.78 is 0. The summed E-state index contributed by atoms with van der Waals surface area (Å²) in [5.74, 6) is 0.390. The van der Waals surface area contributed by atoms with Gasteiger partial charge in [0.15, 0.2) is 0 Å². The van der Waals surface area contributed by atoms with Crippen molar-refractivity contribution in [3.8, 4) is 0 Å². The van der Waals surface area contributed by atoms with Gasteiger partial charge < -0.3 is 5.11 Å². The Labute approximate surface area is 114 Å². The largest absolute Gasteiger partial charge is 0.481 e. The first-order chi connectivity index (χ1) is 9.24. The number of benzene rings is 1. The van der Waals surface area contributed by atoms with Gasteiger partial charge in [-0.05, 0) is 43.2 Å². The van der Waals surface area contributed by atoms with Gasteiger partial charge in [0.25, 0.3) is 0 Å². The van der Waals surface area contributed by atoms with Crippen LogP contribution in [0.3, 0.4) is 0 Å². The van der Waals surface area contributed by atoms with E-state index >= 15 is 0 Å². The third-order valence-corrected chi connectivity index (χ3v) is 4.55. The lowest BCUT2D eigenvalue weighted by atomic mass is 9.92. The average molecular weight is 259 g/mol. The second kappa shape index (κ2) is 5.33. The summed E-state index contributed by atoms with van der Waals surface area (Å²) in [5.41, 5.74) is 1.36. The van der Waals surface area contributed by atoms with E-state index in [1.54, 1.807) is 0 Å². The van der Waals surface area contributed by atoms with Gasteiger partial charge in [-0.1, -0.05) is 30.3 Å². The Morgan fingerprint density at radius 1 is 1.32 bits per heavy atom. The molecule has 2 aliphatic rings. The molecule has 3 nitrogen and oxygen atoms in total. The number of likely N-dealkylation sites (tertiary alicyclic amines) is 1. The van der Waals surface area contributed by atoms with E-state index in [9.17, 15) is 4.79 Å². The van der Waals surface area contributed by atoms with Gasteiger partial charge in [-0.15, -0.1) is 0 Å². The molecule has 1 aromatic rings. The first kappa shape index (κ1) is 12.7. The maximum atomic E-state index is 11.0. The van der Waals surface area contributed by atoms with Crippen LogP contribution in [0.2, 0.25) is 0 Å². The van der Waals surface area contributed by atoms with Crippen LogP contribution in [0.4, 0.5) is 0 Å². The van der Waals surface area contributed by atoms with E-state index in [0.29, 0.717) is 11.8 Å². The van der Waals surface area contributed by atoms with E-state index in [0.717, 1.165) is 26.1 Å². The van der Waals surface area contributed by atoms with Gasteiger partial charge >= 0.3 is 5.97 Å². The molecule has 102 valence electrons. The summed E-state index contributed by atoms with van der Waals surface area (Å²) in [7, 11) is 0. The maximum Gasteiger partial charge on any atom is 0.306 e. The number of carbonyl (C=O) groups is 1. The average Bonchev–Trinajstić information content (AvgIpc) is 3.20. The van der Waals surface area contributed by atoms with Crippen LogP contribution in [0.1, 0.15) is 24.8 Å². The number of piperidine rings is 1. The number of carboxylic acid groups (broad SMARTS) is 1. The highest BCUT2D eigenvalue weighted by Gasteiger charge is 2.48. The van der Waals surface area contributed by atoms with E-state index in [2.05, 4.69) is 29.2 Å². The Morgan fingerprint density at radius 2 is 2.11 bits per heavy atom. The van der Waals surface area contributed by atoms with Crippen LogP contribution in [-0.4, -0.2) is 29.1 Å². The zero-order chi connectivity index (χ0) is 13.2. The van der Waals surface area contributed by atoms with Gasteiger partial charge in [0.05, 0.1) is 5.92 Å². The van der Waals surface area contributed by atoms with E-state index in [1.807, 2.05) is 6.07 Å². The van der Waals surface area contributed by atoms with Crippen molar-refractivity contribution in [1.29, 1.82) is 0 Å². The highest BCUT2D eigenvalue weighted by atomic mass is 16.4. The summed E-state index contributed by atoms with van der Waals surface area (Å²) in [6, 6.07) is 10.5. The predicted octanol–water partition coefficient (Wildman–Crippen LogP) is 2.62. The Hall–Kier alpha value is -1.35.